The van der Waals surface area contributed by atoms with Crippen LogP contribution in [0, 0.1) is 0 Å². The molecular formula is C23H27ClN4O4. The largest absolute Gasteiger partial charge is 0.454 e. The van der Waals surface area contributed by atoms with E-state index in [1.165, 1.54) is 0 Å². The third-order valence-electron chi connectivity index (χ3n) is 5.82. The molecule has 0 unspecified atom stereocenters. The summed E-state index contributed by atoms with van der Waals surface area (Å²) in [5.41, 5.74) is 1.77. The van der Waals surface area contributed by atoms with E-state index in [1.54, 1.807) is 6.07 Å². The molecule has 170 valence electrons. The number of nitrogens with zero attached hydrogens (tertiary/aromatic N) is 2. The SMILES string of the molecule is CN1CCN([C@H](CNC(=O)C(=O)NCc2ccccc2Cl)c2ccc3c(c2)OCO3)CC1. The van der Waals surface area contributed by atoms with Crippen molar-refractivity contribution in [2.45, 2.75) is 12.6 Å². The fourth-order valence-electron chi connectivity index (χ4n) is 3.88. The summed E-state index contributed by atoms with van der Waals surface area (Å²) in [5.74, 6) is 0.0592. The molecule has 8 nitrogen and oxygen atoms in total. The third kappa shape index (κ3) is 5.32. The number of carbonyl (C=O) groups excluding carboxylic acids is 2. The fourth-order valence-corrected chi connectivity index (χ4v) is 4.08. The van der Waals surface area contributed by atoms with Crippen LogP contribution in [0.4, 0.5) is 0 Å². The second-order valence-corrected chi connectivity index (χ2v) is 8.36. The molecule has 9 heteroatoms. The average molecular weight is 459 g/mol. The summed E-state index contributed by atoms with van der Waals surface area (Å²) in [6.45, 7) is 4.31. The first kappa shape index (κ1) is 22.4. The lowest BCUT2D eigenvalue weighted by Crippen LogP contribution is -2.49. The maximum absolute atomic E-state index is 12.5. The third-order valence-corrected chi connectivity index (χ3v) is 6.19. The summed E-state index contributed by atoms with van der Waals surface area (Å²) < 4.78 is 10.9. The van der Waals surface area contributed by atoms with Crippen LogP contribution in [-0.2, 0) is 16.1 Å². The molecule has 4 rings (SSSR count). The van der Waals surface area contributed by atoms with Gasteiger partial charge in [-0.15, -0.1) is 0 Å². The maximum Gasteiger partial charge on any atom is 0.309 e. The molecule has 2 aliphatic rings. The van der Waals surface area contributed by atoms with Crippen molar-refractivity contribution in [1.29, 1.82) is 0 Å². The van der Waals surface area contributed by atoms with Crippen LogP contribution in [0.15, 0.2) is 42.5 Å². The van der Waals surface area contributed by atoms with Gasteiger partial charge in [0.25, 0.3) is 0 Å². The number of carbonyl (C=O) groups is 2. The standard InChI is InChI=1S/C23H27ClN4O4/c1-27-8-10-28(11-9-27)19(16-6-7-20-21(12-16)32-15-31-20)14-26-23(30)22(29)25-13-17-4-2-3-5-18(17)24/h2-7,12,19H,8-11,13-15H2,1H3,(H,25,29)(H,26,30)/t19-/m1/s1. The second kappa shape index (κ2) is 10.2. The number of hydrogen-bond donors (Lipinski definition) is 2. The molecule has 0 aliphatic carbocycles. The highest BCUT2D eigenvalue weighted by atomic mass is 35.5. The average Bonchev–Trinajstić information content (AvgIpc) is 3.27. The van der Waals surface area contributed by atoms with Crippen molar-refractivity contribution in [2.75, 3.05) is 46.6 Å². The van der Waals surface area contributed by atoms with E-state index in [1.807, 2.05) is 36.4 Å². The van der Waals surface area contributed by atoms with Crippen molar-refractivity contribution < 1.29 is 19.1 Å². The van der Waals surface area contributed by atoms with E-state index < -0.39 is 11.8 Å². The monoisotopic (exact) mass is 458 g/mol. The number of nitrogens with one attached hydrogen (secondary N) is 2. The number of fused-ring (bicyclic) bond motifs is 1. The molecule has 0 radical (unpaired) electrons. The first-order valence-electron chi connectivity index (χ1n) is 10.6. The van der Waals surface area contributed by atoms with Gasteiger partial charge in [0.2, 0.25) is 6.79 Å². The van der Waals surface area contributed by atoms with E-state index in [0.717, 1.165) is 37.3 Å². The molecule has 32 heavy (non-hydrogen) atoms. The minimum atomic E-state index is -0.687. The Balaban J connectivity index is 1.40. The van der Waals surface area contributed by atoms with Crippen LogP contribution >= 0.6 is 11.6 Å². The van der Waals surface area contributed by atoms with Crippen molar-refractivity contribution in [3.05, 3.63) is 58.6 Å². The van der Waals surface area contributed by atoms with E-state index in [-0.39, 0.29) is 19.4 Å². The summed E-state index contributed by atoms with van der Waals surface area (Å²) in [7, 11) is 2.10. The van der Waals surface area contributed by atoms with Crippen molar-refractivity contribution in [3.8, 4) is 11.5 Å². The summed E-state index contributed by atoms with van der Waals surface area (Å²) in [6.07, 6.45) is 0. The van der Waals surface area contributed by atoms with Crippen LogP contribution < -0.4 is 20.1 Å². The molecule has 1 fully saturated rings. The van der Waals surface area contributed by atoms with E-state index in [0.29, 0.717) is 23.1 Å². The molecule has 2 aromatic rings. The van der Waals surface area contributed by atoms with Gasteiger partial charge in [0, 0.05) is 44.3 Å². The van der Waals surface area contributed by atoms with Crippen molar-refractivity contribution in [1.82, 2.24) is 20.4 Å². The highest BCUT2D eigenvalue weighted by Gasteiger charge is 2.27. The summed E-state index contributed by atoms with van der Waals surface area (Å²) in [5, 5.41) is 5.97. The van der Waals surface area contributed by atoms with E-state index in [2.05, 4.69) is 27.5 Å². The number of benzene rings is 2. The van der Waals surface area contributed by atoms with Gasteiger partial charge in [-0.25, -0.2) is 0 Å². The Bertz CT molecular complexity index is 978. The molecule has 2 aromatic carbocycles. The van der Waals surface area contributed by atoms with Gasteiger partial charge in [-0.1, -0.05) is 35.9 Å². The molecule has 1 saturated heterocycles. The zero-order valence-electron chi connectivity index (χ0n) is 18.0. The molecular weight excluding hydrogens is 432 g/mol. The molecule has 2 heterocycles. The van der Waals surface area contributed by atoms with Gasteiger partial charge in [0.15, 0.2) is 11.5 Å². The lowest BCUT2D eigenvalue weighted by molar-refractivity contribution is -0.139. The number of ether oxygens (including phenoxy) is 2. The predicted octanol–water partition coefficient (Wildman–Crippen LogP) is 1.79. The molecule has 2 aliphatic heterocycles. The van der Waals surface area contributed by atoms with Crippen molar-refractivity contribution >= 4 is 23.4 Å². The number of halogens is 1. The summed E-state index contributed by atoms with van der Waals surface area (Å²) >= 11 is 6.11. The van der Waals surface area contributed by atoms with Crippen LogP contribution in [0.25, 0.3) is 0 Å². The van der Waals surface area contributed by atoms with Crippen molar-refractivity contribution in [2.24, 2.45) is 0 Å². The topological polar surface area (TPSA) is 83.1 Å². The first-order valence-corrected chi connectivity index (χ1v) is 11.0. The fraction of sp³-hybridized carbons (Fsp3) is 0.391. The van der Waals surface area contributed by atoms with Gasteiger partial charge < -0.3 is 25.0 Å². The minimum Gasteiger partial charge on any atom is -0.454 e. The van der Waals surface area contributed by atoms with Gasteiger partial charge in [0.1, 0.15) is 0 Å². The Labute approximate surface area is 192 Å². The lowest BCUT2D eigenvalue weighted by atomic mass is 10.0. The minimum absolute atomic E-state index is 0.0847. The highest BCUT2D eigenvalue weighted by Crippen LogP contribution is 2.35. The second-order valence-electron chi connectivity index (χ2n) is 7.95. The number of rotatable bonds is 6. The zero-order valence-corrected chi connectivity index (χ0v) is 18.7. The number of likely N-dealkylation sites (N-methyl/N-ethyl adjacent to an activating group) is 1. The van der Waals surface area contributed by atoms with Gasteiger partial charge in [-0.3, -0.25) is 14.5 Å². The Morgan fingerprint density at radius 1 is 1.00 bits per heavy atom. The quantitative estimate of drug-likeness (QED) is 0.642. The van der Waals surface area contributed by atoms with Crippen LogP contribution in [0.5, 0.6) is 11.5 Å². The summed E-state index contributed by atoms with van der Waals surface area (Å²) in [6, 6.07) is 12.9. The summed E-state index contributed by atoms with van der Waals surface area (Å²) in [4.78, 5) is 29.4. The van der Waals surface area contributed by atoms with Crippen molar-refractivity contribution in [3.63, 3.8) is 0 Å². The normalized spacial score (nSPS) is 17.1. The molecule has 0 saturated carbocycles. The maximum atomic E-state index is 12.5. The van der Waals surface area contributed by atoms with Crippen LogP contribution in [0.2, 0.25) is 5.02 Å². The van der Waals surface area contributed by atoms with Gasteiger partial charge >= 0.3 is 11.8 Å². The molecule has 2 N–H and O–H groups in total. The molecule has 0 spiro atoms. The number of amides is 2. The van der Waals surface area contributed by atoms with Gasteiger partial charge in [-0.05, 0) is 36.4 Å². The molecule has 0 bridgehead atoms. The Morgan fingerprint density at radius 2 is 1.72 bits per heavy atom. The Hall–Kier alpha value is -2.81. The zero-order chi connectivity index (χ0) is 22.5. The smallest absolute Gasteiger partial charge is 0.309 e. The van der Waals surface area contributed by atoms with Crippen LogP contribution in [0.1, 0.15) is 17.2 Å². The Morgan fingerprint density at radius 3 is 2.50 bits per heavy atom. The predicted molar refractivity (Wildman–Crippen MR) is 121 cm³/mol. The Kier molecular flexibility index (Phi) is 7.14. The first-order chi connectivity index (χ1) is 15.5. The highest BCUT2D eigenvalue weighted by molar-refractivity contribution is 6.35. The van der Waals surface area contributed by atoms with Crippen LogP contribution in [0.3, 0.4) is 0 Å². The molecule has 1 atom stereocenters. The van der Waals surface area contributed by atoms with E-state index in [9.17, 15) is 9.59 Å². The van der Waals surface area contributed by atoms with E-state index in [4.69, 9.17) is 21.1 Å². The lowest BCUT2D eigenvalue weighted by Gasteiger charge is -2.38. The number of hydrogen-bond acceptors (Lipinski definition) is 6. The number of piperazine rings is 1. The van der Waals surface area contributed by atoms with Crippen LogP contribution in [-0.4, -0.2) is 68.2 Å². The van der Waals surface area contributed by atoms with Gasteiger partial charge in [-0.2, -0.15) is 0 Å². The van der Waals surface area contributed by atoms with Gasteiger partial charge in [0.05, 0.1) is 6.04 Å². The van der Waals surface area contributed by atoms with E-state index >= 15 is 0 Å². The molecule has 0 aromatic heterocycles. The molecule has 2 amide bonds.